The van der Waals surface area contributed by atoms with Gasteiger partial charge < -0.3 is 10.2 Å². The third-order valence-electron chi connectivity index (χ3n) is 4.50. The van der Waals surface area contributed by atoms with Crippen molar-refractivity contribution in [2.45, 2.75) is 13.1 Å². The largest absolute Gasteiger partial charge is 0.418 e. The van der Waals surface area contributed by atoms with Crippen LogP contribution in [0.1, 0.15) is 12.5 Å². The molecule has 0 unspecified atom stereocenters. The van der Waals surface area contributed by atoms with Gasteiger partial charge >= 0.3 is 6.18 Å². The maximum absolute atomic E-state index is 13.1. The van der Waals surface area contributed by atoms with E-state index in [0.29, 0.717) is 12.2 Å². The van der Waals surface area contributed by atoms with Gasteiger partial charge in [0, 0.05) is 24.9 Å². The van der Waals surface area contributed by atoms with E-state index in [2.05, 4.69) is 5.32 Å². The Labute approximate surface area is 176 Å². The minimum absolute atomic E-state index is 0.115. The number of nitro groups is 1. The van der Waals surface area contributed by atoms with Crippen LogP contribution < -0.4 is 10.2 Å². The van der Waals surface area contributed by atoms with Gasteiger partial charge in [0.2, 0.25) is 11.8 Å². The third-order valence-corrected chi connectivity index (χ3v) is 4.50. The summed E-state index contributed by atoms with van der Waals surface area (Å²) in [4.78, 5) is 37.7. The highest BCUT2D eigenvalue weighted by molar-refractivity contribution is 5.96. The van der Waals surface area contributed by atoms with Crippen molar-refractivity contribution in [3.05, 3.63) is 64.2 Å². The highest BCUT2D eigenvalue weighted by Crippen LogP contribution is 2.34. The zero-order chi connectivity index (χ0) is 23.2. The topological polar surface area (TPSA) is 95.8 Å². The van der Waals surface area contributed by atoms with Gasteiger partial charge in [0.15, 0.2) is 0 Å². The second-order valence-corrected chi connectivity index (χ2v) is 6.62. The van der Waals surface area contributed by atoms with Crippen LogP contribution in [0.25, 0.3) is 0 Å². The van der Waals surface area contributed by atoms with Crippen LogP contribution in [0.2, 0.25) is 0 Å². The molecule has 0 spiro atoms. The molecule has 0 saturated heterocycles. The number of hydrogen-bond acceptors (Lipinski definition) is 5. The maximum Gasteiger partial charge on any atom is 0.418 e. The van der Waals surface area contributed by atoms with E-state index in [1.54, 1.807) is 6.92 Å². The fraction of sp³-hybridized carbons (Fsp3) is 0.300. The van der Waals surface area contributed by atoms with Gasteiger partial charge in [-0.2, -0.15) is 13.2 Å². The lowest BCUT2D eigenvalue weighted by molar-refractivity contribution is -0.384. The first-order valence-corrected chi connectivity index (χ1v) is 9.22. The lowest BCUT2D eigenvalue weighted by Crippen LogP contribution is -2.42. The van der Waals surface area contributed by atoms with Crippen molar-refractivity contribution < 1.29 is 27.7 Å². The number of anilines is 2. The molecule has 1 N–H and O–H groups in total. The van der Waals surface area contributed by atoms with E-state index < -0.39 is 22.6 Å². The van der Waals surface area contributed by atoms with Crippen LogP contribution in [0.3, 0.4) is 0 Å². The Balaban J connectivity index is 2.01. The molecule has 0 aliphatic rings. The molecule has 166 valence electrons. The van der Waals surface area contributed by atoms with Gasteiger partial charge in [-0.15, -0.1) is 0 Å². The molecule has 2 rings (SSSR count). The smallest absolute Gasteiger partial charge is 0.324 e. The van der Waals surface area contributed by atoms with Crippen molar-refractivity contribution in [1.29, 1.82) is 0 Å². The molecule has 0 aromatic heterocycles. The Bertz CT molecular complexity index is 948. The predicted molar refractivity (Wildman–Crippen MR) is 109 cm³/mol. The molecule has 2 aromatic rings. The van der Waals surface area contributed by atoms with E-state index in [9.17, 15) is 32.9 Å². The van der Waals surface area contributed by atoms with Gasteiger partial charge in [0.1, 0.15) is 0 Å². The molecule has 0 atom stereocenters. The summed E-state index contributed by atoms with van der Waals surface area (Å²) in [5.41, 5.74) is -1.00. The molecule has 11 heteroatoms. The molecule has 0 aliphatic heterocycles. The van der Waals surface area contributed by atoms with Crippen LogP contribution in [0, 0.1) is 10.1 Å². The first-order valence-electron chi connectivity index (χ1n) is 9.22. The van der Waals surface area contributed by atoms with Crippen LogP contribution in [0.15, 0.2) is 48.5 Å². The molecule has 31 heavy (non-hydrogen) atoms. The molecule has 0 bridgehead atoms. The fourth-order valence-corrected chi connectivity index (χ4v) is 2.75. The average Bonchev–Trinajstić information content (AvgIpc) is 2.72. The Morgan fingerprint density at radius 2 is 1.68 bits per heavy atom. The second-order valence-electron chi connectivity index (χ2n) is 6.62. The van der Waals surface area contributed by atoms with E-state index in [1.165, 1.54) is 53.2 Å². The van der Waals surface area contributed by atoms with Crippen LogP contribution >= 0.6 is 0 Å². The molecule has 0 saturated carbocycles. The number of amides is 2. The summed E-state index contributed by atoms with van der Waals surface area (Å²) >= 11 is 0. The number of non-ortho nitro benzene ring substituents is 1. The summed E-state index contributed by atoms with van der Waals surface area (Å²) in [6, 6.07) is 10.0. The van der Waals surface area contributed by atoms with E-state index in [4.69, 9.17) is 0 Å². The van der Waals surface area contributed by atoms with E-state index in [1.807, 2.05) is 0 Å². The summed E-state index contributed by atoms with van der Waals surface area (Å²) < 4.78 is 39.2. The minimum atomic E-state index is -4.61. The molecule has 0 radical (unpaired) electrons. The highest BCUT2D eigenvalue weighted by atomic mass is 19.4. The number of para-hydroxylation sites is 1. The summed E-state index contributed by atoms with van der Waals surface area (Å²) in [7, 11) is 1.48. The monoisotopic (exact) mass is 438 g/mol. The molecule has 0 aliphatic carbocycles. The predicted octanol–water partition coefficient (Wildman–Crippen LogP) is 3.54. The SMILES string of the molecule is CCN(CC(=O)Nc1ccccc1C(F)(F)F)CC(=O)N(C)c1ccc([N+](=O)[O-])cc1. The van der Waals surface area contributed by atoms with Gasteiger partial charge in [-0.05, 0) is 30.8 Å². The zero-order valence-corrected chi connectivity index (χ0v) is 16.8. The molecule has 0 fully saturated rings. The lowest BCUT2D eigenvalue weighted by atomic mass is 10.1. The summed E-state index contributed by atoms with van der Waals surface area (Å²) in [6.45, 7) is 1.55. The first kappa shape index (κ1) is 23.8. The minimum Gasteiger partial charge on any atom is -0.324 e. The molecule has 2 amide bonds. The van der Waals surface area contributed by atoms with Crippen molar-refractivity contribution in [2.24, 2.45) is 0 Å². The number of carbonyl (C=O) groups is 2. The standard InChI is InChI=1S/C20H21F3N4O4/c1-3-26(12-18(28)24-17-7-5-4-6-16(17)20(21,22)23)13-19(29)25(2)14-8-10-15(11-9-14)27(30)31/h4-11H,3,12-13H2,1-2H3,(H,24,28). The quantitative estimate of drug-likeness (QED) is 0.503. The number of rotatable bonds is 8. The van der Waals surface area contributed by atoms with Crippen LogP contribution in [-0.2, 0) is 15.8 Å². The van der Waals surface area contributed by atoms with Crippen LogP contribution in [0.5, 0.6) is 0 Å². The maximum atomic E-state index is 13.1. The molecular formula is C20H21F3N4O4. The summed E-state index contributed by atoms with van der Waals surface area (Å²) in [5, 5.41) is 13.0. The van der Waals surface area contributed by atoms with Gasteiger partial charge in [-0.1, -0.05) is 19.1 Å². The molecular weight excluding hydrogens is 417 g/mol. The van der Waals surface area contributed by atoms with Gasteiger partial charge in [-0.25, -0.2) is 0 Å². The Kier molecular flexibility index (Phi) is 7.70. The van der Waals surface area contributed by atoms with Crippen LogP contribution in [-0.4, -0.2) is 48.3 Å². The Morgan fingerprint density at radius 1 is 1.06 bits per heavy atom. The van der Waals surface area contributed by atoms with Crippen molar-refractivity contribution in [3.8, 4) is 0 Å². The number of halogens is 3. The van der Waals surface area contributed by atoms with Crippen molar-refractivity contribution in [3.63, 3.8) is 0 Å². The number of alkyl halides is 3. The number of likely N-dealkylation sites (N-methyl/N-ethyl adjacent to an activating group) is 2. The Hall–Kier alpha value is -3.47. The van der Waals surface area contributed by atoms with Gasteiger partial charge in [-0.3, -0.25) is 24.6 Å². The zero-order valence-electron chi connectivity index (χ0n) is 16.8. The number of nitro benzene ring substituents is 1. The second kappa shape index (κ2) is 10.0. The molecule has 2 aromatic carbocycles. The lowest BCUT2D eigenvalue weighted by Gasteiger charge is -2.24. The van der Waals surface area contributed by atoms with Crippen molar-refractivity contribution in [2.75, 3.05) is 36.9 Å². The van der Waals surface area contributed by atoms with Crippen molar-refractivity contribution in [1.82, 2.24) is 4.90 Å². The van der Waals surface area contributed by atoms with Gasteiger partial charge in [0.25, 0.3) is 5.69 Å². The van der Waals surface area contributed by atoms with Crippen molar-refractivity contribution >= 4 is 28.9 Å². The number of nitrogens with zero attached hydrogens (tertiary/aromatic N) is 3. The van der Waals surface area contributed by atoms with Gasteiger partial charge in [0.05, 0.1) is 29.3 Å². The summed E-state index contributed by atoms with van der Waals surface area (Å²) in [5.74, 6) is -1.08. The third kappa shape index (κ3) is 6.51. The first-order chi connectivity index (χ1) is 14.5. The number of carbonyl (C=O) groups excluding carboxylic acids is 2. The van der Waals surface area contributed by atoms with E-state index in [0.717, 1.165) is 12.1 Å². The van der Waals surface area contributed by atoms with Crippen LogP contribution in [0.4, 0.5) is 30.2 Å². The van der Waals surface area contributed by atoms with E-state index in [-0.39, 0.29) is 30.4 Å². The molecule has 0 heterocycles. The Morgan fingerprint density at radius 3 is 2.23 bits per heavy atom. The average molecular weight is 438 g/mol. The highest BCUT2D eigenvalue weighted by Gasteiger charge is 2.33. The number of benzene rings is 2. The normalized spacial score (nSPS) is 11.3. The fourth-order valence-electron chi connectivity index (χ4n) is 2.75. The number of hydrogen-bond donors (Lipinski definition) is 1. The van der Waals surface area contributed by atoms with E-state index >= 15 is 0 Å². The summed E-state index contributed by atoms with van der Waals surface area (Å²) in [6.07, 6.45) is -4.61. The number of nitrogens with one attached hydrogen (secondary N) is 1. The molecule has 8 nitrogen and oxygen atoms in total.